The maximum absolute atomic E-state index is 13.0. The molecule has 0 aliphatic carbocycles. The number of hydrogen-bond donors (Lipinski definition) is 0. The van der Waals surface area contributed by atoms with Crippen molar-refractivity contribution in [3.05, 3.63) is 59.2 Å². The van der Waals surface area contributed by atoms with Crippen LogP contribution in [0.2, 0.25) is 0 Å². The summed E-state index contributed by atoms with van der Waals surface area (Å²) < 4.78 is 33.9. The summed E-state index contributed by atoms with van der Waals surface area (Å²) in [5, 5.41) is 0. The summed E-state index contributed by atoms with van der Waals surface area (Å²) in [7, 11) is -2.24. The van der Waals surface area contributed by atoms with Crippen LogP contribution < -0.4 is 4.74 Å². The van der Waals surface area contributed by atoms with Crippen molar-refractivity contribution < 1.29 is 26.9 Å². The number of ether oxygens (including phenoxy) is 1. The van der Waals surface area contributed by atoms with Gasteiger partial charge in [-0.15, -0.1) is 0 Å². The average molecular weight is 432 g/mol. The predicted octanol–water partition coefficient (Wildman–Crippen LogP) is 2.92. The summed E-state index contributed by atoms with van der Waals surface area (Å²) in [6.07, 6.45) is 0.405. The SMILES string of the molecule is CCOS(=O)(=O)c1ccc(CCN2C(=O)c3cc(OC)ccc3C(C)(C)C2=O)cc1. The Hall–Kier alpha value is -2.71. The second-order valence-corrected chi connectivity index (χ2v) is 9.17. The van der Waals surface area contributed by atoms with Gasteiger partial charge in [0.15, 0.2) is 0 Å². The molecule has 1 heterocycles. The van der Waals surface area contributed by atoms with E-state index in [4.69, 9.17) is 8.92 Å². The zero-order valence-corrected chi connectivity index (χ0v) is 18.3. The molecule has 0 radical (unpaired) electrons. The van der Waals surface area contributed by atoms with E-state index in [1.54, 1.807) is 51.1 Å². The molecule has 2 amide bonds. The topological polar surface area (TPSA) is 90.0 Å². The van der Waals surface area contributed by atoms with Gasteiger partial charge in [0.1, 0.15) is 5.75 Å². The van der Waals surface area contributed by atoms with Gasteiger partial charge in [0.2, 0.25) is 5.91 Å². The number of amides is 2. The minimum Gasteiger partial charge on any atom is -0.497 e. The average Bonchev–Trinajstić information content (AvgIpc) is 2.72. The molecule has 2 aromatic carbocycles. The fourth-order valence-corrected chi connectivity index (χ4v) is 4.47. The van der Waals surface area contributed by atoms with Gasteiger partial charge in [-0.2, -0.15) is 8.42 Å². The third-order valence-corrected chi connectivity index (χ3v) is 6.66. The van der Waals surface area contributed by atoms with E-state index in [1.807, 2.05) is 0 Å². The maximum atomic E-state index is 13.0. The predicted molar refractivity (Wildman–Crippen MR) is 111 cm³/mol. The highest BCUT2D eigenvalue weighted by Crippen LogP contribution is 2.36. The molecule has 0 N–H and O–H groups in total. The second-order valence-electron chi connectivity index (χ2n) is 7.55. The fourth-order valence-electron chi connectivity index (χ4n) is 3.55. The van der Waals surface area contributed by atoms with Gasteiger partial charge in [-0.1, -0.05) is 18.2 Å². The van der Waals surface area contributed by atoms with Gasteiger partial charge in [0, 0.05) is 12.1 Å². The zero-order valence-electron chi connectivity index (χ0n) is 17.5. The molecule has 3 rings (SSSR count). The van der Waals surface area contributed by atoms with E-state index in [-0.39, 0.29) is 29.9 Å². The van der Waals surface area contributed by atoms with Gasteiger partial charge >= 0.3 is 0 Å². The highest BCUT2D eigenvalue weighted by molar-refractivity contribution is 7.86. The summed E-state index contributed by atoms with van der Waals surface area (Å²) in [5.41, 5.74) is 1.10. The summed E-state index contributed by atoms with van der Waals surface area (Å²) in [4.78, 5) is 27.4. The minimum absolute atomic E-state index is 0.0608. The number of methoxy groups -OCH3 is 1. The van der Waals surface area contributed by atoms with E-state index in [0.29, 0.717) is 23.3 Å². The van der Waals surface area contributed by atoms with Crippen molar-refractivity contribution >= 4 is 21.9 Å². The van der Waals surface area contributed by atoms with Crippen LogP contribution in [-0.4, -0.2) is 45.4 Å². The lowest BCUT2D eigenvalue weighted by atomic mass is 9.77. The van der Waals surface area contributed by atoms with Crippen LogP contribution >= 0.6 is 0 Å². The number of hydrogen-bond acceptors (Lipinski definition) is 6. The molecule has 30 heavy (non-hydrogen) atoms. The Balaban J connectivity index is 1.81. The Morgan fingerprint density at radius 3 is 2.30 bits per heavy atom. The number of nitrogens with zero attached hydrogens (tertiary/aromatic N) is 1. The van der Waals surface area contributed by atoms with Gasteiger partial charge in [-0.25, -0.2) is 0 Å². The molecule has 160 valence electrons. The van der Waals surface area contributed by atoms with Crippen LogP contribution in [-0.2, 0) is 30.9 Å². The lowest BCUT2D eigenvalue weighted by Gasteiger charge is -2.37. The highest BCUT2D eigenvalue weighted by atomic mass is 32.2. The molecule has 7 nitrogen and oxygen atoms in total. The molecule has 0 atom stereocenters. The molecule has 0 saturated heterocycles. The molecule has 1 aliphatic heterocycles. The van der Waals surface area contributed by atoms with Crippen molar-refractivity contribution in [1.82, 2.24) is 4.90 Å². The van der Waals surface area contributed by atoms with Crippen molar-refractivity contribution in [3.8, 4) is 5.75 Å². The lowest BCUT2D eigenvalue weighted by molar-refractivity contribution is -0.134. The molecular weight excluding hydrogens is 406 g/mol. The van der Waals surface area contributed by atoms with E-state index in [9.17, 15) is 18.0 Å². The molecule has 1 aliphatic rings. The van der Waals surface area contributed by atoms with E-state index in [1.165, 1.54) is 24.1 Å². The smallest absolute Gasteiger partial charge is 0.296 e. The quantitative estimate of drug-likeness (QED) is 0.495. The summed E-state index contributed by atoms with van der Waals surface area (Å²) in [6, 6.07) is 11.4. The Morgan fingerprint density at radius 2 is 1.70 bits per heavy atom. The highest BCUT2D eigenvalue weighted by Gasteiger charge is 2.44. The van der Waals surface area contributed by atoms with E-state index in [0.717, 1.165) is 5.56 Å². The Kier molecular flexibility index (Phi) is 6.01. The normalized spacial score (nSPS) is 15.8. The Labute approximate surface area is 176 Å². The number of carbonyl (C=O) groups excluding carboxylic acids is 2. The lowest BCUT2D eigenvalue weighted by Crippen LogP contribution is -2.52. The Morgan fingerprint density at radius 1 is 1.03 bits per heavy atom. The molecule has 0 aromatic heterocycles. The van der Waals surface area contributed by atoms with E-state index >= 15 is 0 Å². The number of benzene rings is 2. The first-order valence-corrected chi connectivity index (χ1v) is 11.1. The summed E-state index contributed by atoms with van der Waals surface area (Å²) >= 11 is 0. The Bertz CT molecular complexity index is 1070. The molecular formula is C22H25NO6S. The van der Waals surface area contributed by atoms with Crippen molar-refractivity contribution in [3.63, 3.8) is 0 Å². The van der Waals surface area contributed by atoms with Crippen LogP contribution in [0.3, 0.4) is 0 Å². The van der Waals surface area contributed by atoms with Crippen LogP contribution in [0.5, 0.6) is 5.75 Å². The van der Waals surface area contributed by atoms with E-state index in [2.05, 4.69) is 0 Å². The first-order valence-electron chi connectivity index (χ1n) is 9.65. The number of imide groups is 1. The van der Waals surface area contributed by atoms with Crippen LogP contribution in [0.15, 0.2) is 47.4 Å². The molecule has 2 aromatic rings. The molecule has 0 spiro atoms. The van der Waals surface area contributed by atoms with Gasteiger partial charge < -0.3 is 4.74 Å². The molecule has 8 heteroatoms. The number of carbonyl (C=O) groups is 2. The maximum Gasteiger partial charge on any atom is 0.296 e. The summed E-state index contributed by atoms with van der Waals surface area (Å²) in [6.45, 7) is 5.45. The van der Waals surface area contributed by atoms with Gasteiger partial charge in [0.25, 0.3) is 16.0 Å². The van der Waals surface area contributed by atoms with Crippen molar-refractivity contribution in [2.45, 2.75) is 37.5 Å². The van der Waals surface area contributed by atoms with Gasteiger partial charge in [-0.3, -0.25) is 18.7 Å². The molecule has 0 fully saturated rings. The first-order chi connectivity index (χ1) is 14.1. The van der Waals surface area contributed by atoms with Crippen molar-refractivity contribution in [2.75, 3.05) is 20.3 Å². The monoisotopic (exact) mass is 431 g/mol. The third kappa shape index (κ3) is 3.97. The number of fused-ring (bicyclic) bond motifs is 1. The van der Waals surface area contributed by atoms with Crippen LogP contribution in [0.4, 0.5) is 0 Å². The first kappa shape index (κ1) is 22.0. The third-order valence-electron chi connectivity index (χ3n) is 5.26. The molecule has 0 saturated carbocycles. The number of rotatable bonds is 7. The van der Waals surface area contributed by atoms with Crippen molar-refractivity contribution in [2.24, 2.45) is 0 Å². The minimum atomic E-state index is -3.77. The largest absolute Gasteiger partial charge is 0.497 e. The van der Waals surface area contributed by atoms with Crippen LogP contribution in [0.1, 0.15) is 42.3 Å². The van der Waals surface area contributed by atoms with Crippen LogP contribution in [0.25, 0.3) is 0 Å². The van der Waals surface area contributed by atoms with Gasteiger partial charge in [0.05, 0.1) is 24.0 Å². The zero-order chi connectivity index (χ0) is 22.1. The van der Waals surface area contributed by atoms with Crippen LogP contribution in [0, 0.1) is 0 Å². The second kappa shape index (κ2) is 8.20. The van der Waals surface area contributed by atoms with Gasteiger partial charge in [-0.05, 0) is 62.6 Å². The van der Waals surface area contributed by atoms with Crippen molar-refractivity contribution in [1.29, 1.82) is 0 Å². The fraction of sp³-hybridized carbons (Fsp3) is 0.364. The molecule has 0 unspecified atom stereocenters. The summed E-state index contributed by atoms with van der Waals surface area (Å²) in [5.74, 6) is -0.0669. The standard InChI is InChI=1S/C22H25NO6S/c1-5-29-30(26,27)17-9-6-15(7-10-17)12-13-23-20(24)18-14-16(28-4)8-11-19(18)22(2,3)21(23)25/h6-11,14H,5,12-13H2,1-4H3. The molecule has 0 bridgehead atoms. The van der Waals surface area contributed by atoms with E-state index < -0.39 is 15.5 Å².